The first-order valence-electron chi connectivity index (χ1n) is 3.06. The average Bonchev–Trinajstić information content (AvgIpc) is 1.67. The zero-order valence-electron chi connectivity index (χ0n) is 6.49. The van der Waals surface area contributed by atoms with Crippen LogP contribution in [0.15, 0.2) is 0 Å². The third kappa shape index (κ3) is 2.11. The maximum Gasteiger partial charge on any atom is 0.175 e. The quantitative estimate of drug-likeness (QED) is 0.529. The van der Waals surface area contributed by atoms with Gasteiger partial charge in [0.25, 0.3) is 0 Å². The van der Waals surface area contributed by atoms with Crippen molar-refractivity contribution in [3.8, 4) is 0 Å². The van der Waals surface area contributed by atoms with Crippen LogP contribution in [0.2, 0.25) is 18.6 Å². The standard InChI is InChI=1S/C5H16OSi2/c1-5(2)8(3,4)6-7/h5H,1-4,7H3. The molecule has 0 N–H and O–H groups in total. The summed E-state index contributed by atoms with van der Waals surface area (Å²) >= 11 is 0. The van der Waals surface area contributed by atoms with Crippen LogP contribution in [0.3, 0.4) is 0 Å². The summed E-state index contributed by atoms with van der Waals surface area (Å²) in [7, 11) is -0.286. The molecule has 0 heterocycles. The van der Waals surface area contributed by atoms with Gasteiger partial charge in [-0.25, -0.2) is 0 Å². The first-order valence-corrected chi connectivity index (χ1v) is 6.86. The second-order valence-corrected chi connectivity index (χ2v) is 8.96. The Morgan fingerprint density at radius 1 is 1.38 bits per heavy atom. The van der Waals surface area contributed by atoms with Gasteiger partial charge in [0, 0.05) is 0 Å². The third-order valence-corrected chi connectivity index (χ3v) is 8.91. The molecule has 0 aromatic heterocycles. The Morgan fingerprint density at radius 3 is 1.75 bits per heavy atom. The minimum Gasteiger partial charge on any atom is -0.463 e. The molecule has 0 saturated carbocycles. The maximum absolute atomic E-state index is 5.48. The molecule has 0 unspecified atom stereocenters. The molecule has 0 aromatic carbocycles. The van der Waals surface area contributed by atoms with Gasteiger partial charge in [0.1, 0.15) is 10.5 Å². The lowest BCUT2D eigenvalue weighted by Crippen LogP contribution is -2.32. The van der Waals surface area contributed by atoms with Gasteiger partial charge in [0.05, 0.1) is 0 Å². The van der Waals surface area contributed by atoms with Crippen molar-refractivity contribution in [2.45, 2.75) is 32.5 Å². The van der Waals surface area contributed by atoms with Gasteiger partial charge in [-0.2, -0.15) is 0 Å². The van der Waals surface area contributed by atoms with E-state index in [0.29, 0.717) is 0 Å². The Morgan fingerprint density at radius 2 is 1.75 bits per heavy atom. The Bertz CT molecular complexity index is 70.8. The summed E-state index contributed by atoms with van der Waals surface area (Å²) in [5.74, 6) is 0. The topological polar surface area (TPSA) is 9.23 Å². The normalized spacial score (nSPS) is 13.1. The number of hydrogen-bond acceptors (Lipinski definition) is 1. The largest absolute Gasteiger partial charge is 0.463 e. The minimum atomic E-state index is -1.19. The molecule has 0 saturated heterocycles. The molecular formula is C5H16OSi2. The van der Waals surface area contributed by atoms with Gasteiger partial charge in [-0.1, -0.05) is 13.8 Å². The second kappa shape index (κ2) is 2.80. The van der Waals surface area contributed by atoms with Crippen molar-refractivity contribution in [2.75, 3.05) is 0 Å². The van der Waals surface area contributed by atoms with E-state index < -0.39 is 8.32 Å². The maximum atomic E-state index is 5.48. The Hall–Kier alpha value is 0.394. The second-order valence-electron chi connectivity index (χ2n) is 2.96. The fourth-order valence-corrected chi connectivity index (χ4v) is 2.12. The van der Waals surface area contributed by atoms with Crippen molar-refractivity contribution < 1.29 is 4.12 Å². The van der Waals surface area contributed by atoms with Crippen molar-refractivity contribution >= 4 is 18.8 Å². The van der Waals surface area contributed by atoms with E-state index in [9.17, 15) is 0 Å². The van der Waals surface area contributed by atoms with Crippen LogP contribution in [-0.4, -0.2) is 18.8 Å². The molecule has 0 aromatic rings. The number of hydrogen-bond donors (Lipinski definition) is 0. The number of rotatable bonds is 2. The van der Waals surface area contributed by atoms with Gasteiger partial charge in [-0.05, 0) is 18.6 Å². The van der Waals surface area contributed by atoms with Gasteiger partial charge in [0.15, 0.2) is 8.32 Å². The zero-order chi connectivity index (χ0) is 6.78. The van der Waals surface area contributed by atoms with E-state index in [0.717, 1.165) is 16.0 Å². The van der Waals surface area contributed by atoms with Crippen LogP contribution in [0.1, 0.15) is 13.8 Å². The van der Waals surface area contributed by atoms with Gasteiger partial charge in [0.2, 0.25) is 0 Å². The SMILES string of the molecule is CC(C)[Si](C)(C)O[SiH3]. The van der Waals surface area contributed by atoms with E-state index >= 15 is 0 Å². The molecule has 0 aliphatic carbocycles. The minimum absolute atomic E-state index is 0.764. The molecule has 0 aliphatic rings. The summed E-state index contributed by atoms with van der Waals surface area (Å²) in [5, 5.41) is 0. The highest BCUT2D eigenvalue weighted by atomic mass is 28.4. The van der Waals surface area contributed by atoms with Crippen LogP contribution in [-0.2, 0) is 4.12 Å². The Balaban J connectivity index is 3.71. The first kappa shape index (κ1) is 8.39. The highest BCUT2D eigenvalue weighted by molar-refractivity contribution is 6.74. The van der Waals surface area contributed by atoms with Gasteiger partial charge < -0.3 is 4.12 Å². The molecule has 0 rings (SSSR count). The van der Waals surface area contributed by atoms with Gasteiger partial charge in [-0.15, -0.1) is 0 Å². The lowest BCUT2D eigenvalue weighted by molar-refractivity contribution is 0.587. The van der Waals surface area contributed by atoms with Crippen LogP contribution in [0.5, 0.6) is 0 Å². The molecule has 0 amide bonds. The van der Waals surface area contributed by atoms with E-state index in [1.54, 1.807) is 0 Å². The van der Waals surface area contributed by atoms with Gasteiger partial charge >= 0.3 is 0 Å². The van der Waals surface area contributed by atoms with E-state index in [1.807, 2.05) is 0 Å². The molecule has 0 fully saturated rings. The lowest BCUT2D eigenvalue weighted by Gasteiger charge is -2.24. The molecule has 0 aliphatic heterocycles. The third-order valence-electron chi connectivity index (χ3n) is 1.92. The van der Waals surface area contributed by atoms with Crippen molar-refractivity contribution in [1.82, 2.24) is 0 Å². The van der Waals surface area contributed by atoms with Crippen molar-refractivity contribution in [2.24, 2.45) is 0 Å². The molecule has 0 radical (unpaired) electrons. The van der Waals surface area contributed by atoms with Crippen LogP contribution in [0.25, 0.3) is 0 Å². The van der Waals surface area contributed by atoms with Crippen molar-refractivity contribution in [1.29, 1.82) is 0 Å². The van der Waals surface area contributed by atoms with E-state index in [-0.39, 0.29) is 0 Å². The van der Waals surface area contributed by atoms with Crippen LogP contribution < -0.4 is 0 Å². The summed E-state index contributed by atoms with van der Waals surface area (Å²) in [4.78, 5) is 0. The molecule has 0 spiro atoms. The Labute approximate surface area is 56.1 Å². The summed E-state index contributed by atoms with van der Waals surface area (Å²) in [6, 6.07) is 0. The molecule has 1 nitrogen and oxygen atoms in total. The molecule has 3 heteroatoms. The highest BCUT2D eigenvalue weighted by Crippen LogP contribution is 2.19. The molecular weight excluding hydrogens is 132 g/mol. The molecule has 0 bridgehead atoms. The van der Waals surface area contributed by atoms with Gasteiger partial charge in [-0.3, -0.25) is 0 Å². The summed E-state index contributed by atoms with van der Waals surface area (Å²) in [5.41, 5.74) is 0.764. The van der Waals surface area contributed by atoms with E-state index in [4.69, 9.17) is 4.12 Å². The lowest BCUT2D eigenvalue weighted by atomic mass is 10.6. The van der Waals surface area contributed by atoms with Crippen LogP contribution >= 0.6 is 0 Å². The monoisotopic (exact) mass is 148 g/mol. The van der Waals surface area contributed by atoms with E-state index in [2.05, 4.69) is 26.9 Å². The first-order chi connectivity index (χ1) is 3.50. The Kier molecular flexibility index (Phi) is 2.94. The van der Waals surface area contributed by atoms with Crippen molar-refractivity contribution in [3.05, 3.63) is 0 Å². The summed E-state index contributed by atoms with van der Waals surface area (Å²) in [6.07, 6.45) is 0. The average molecular weight is 148 g/mol. The smallest absolute Gasteiger partial charge is 0.175 e. The fourth-order valence-electron chi connectivity index (χ4n) is 0.236. The summed E-state index contributed by atoms with van der Waals surface area (Å²) < 4.78 is 5.48. The predicted octanol–water partition coefficient (Wildman–Crippen LogP) is 0.898. The highest BCUT2D eigenvalue weighted by Gasteiger charge is 2.23. The van der Waals surface area contributed by atoms with Crippen molar-refractivity contribution in [3.63, 3.8) is 0 Å². The van der Waals surface area contributed by atoms with Crippen LogP contribution in [0, 0.1) is 0 Å². The van der Waals surface area contributed by atoms with E-state index in [1.165, 1.54) is 0 Å². The van der Waals surface area contributed by atoms with Crippen LogP contribution in [0.4, 0.5) is 0 Å². The zero-order valence-corrected chi connectivity index (χ0v) is 9.49. The fraction of sp³-hybridized carbons (Fsp3) is 1.00. The molecule has 50 valence electrons. The summed E-state index contributed by atoms with van der Waals surface area (Å²) in [6.45, 7) is 9.02. The predicted molar refractivity (Wildman–Crippen MR) is 43.6 cm³/mol. The molecule has 8 heavy (non-hydrogen) atoms. The molecule has 0 atom stereocenters.